The Hall–Kier alpha value is -5.19. The lowest BCUT2D eigenvalue weighted by molar-refractivity contribution is 0.00696. The number of benzene rings is 3. The number of carbonyl (C=O) groups is 1. The van der Waals surface area contributed by atoms with Gasteiger partial charge >= 0.3 is 5.97 Å². The molecule has 3 heterocycles. The van der Waals surface area contributed by atoms with Crippen molar-refractivity contribution in [1.82, 2.24) is 19.0 Å². The Labute approximate surface area is 261 Å². The fourth-order valence-corrected chi connectivity index (χ4v) is 5.80. The lowest BCUT2D eigenvalue weighted by atomic mass is 10.1. The molecule has 1 aliphatic rings. The van der Waals surface area contributed by atoms with Crippen LogP contribution in [0.3, 0.4) is 0 Å². The normalized spacial score (nSPS) is 14.0. The third-order valence-electron chi connectivity index (χ3n) is 8.07. The molecule has 1 aliphatic heterocycles. The Morgan fingerprint density at radius 2 is 1.76 bits per heavy atom. The molecule has 5 aromatic rings. The van der Waals surface area contributed by atoms with E-state index in [1.54, 1.807) is 24.3 Å². The second-order valence-corrected chi connectivity index (χ2v) is 12.3. The molecule has 9 nitrogen and oxygen atoms in total. The maximum absolute atomic E-state index is 14.6. The second-order valence-electron chi connectivity index (χ2n) is 12.3. The summed E-state index contributed by atoms with van der Waals surface area (Å²) in [5.41, 5.74) is 4.28. The van der Waals surface area contributed by atoms with Gasteiger partial charge in [0, 0.05) is 43.6 Å². The lowest BCUT2D eigenvalue weighted by Crippen LogP contribution is -2.46. The van der Waals surface area contributed by atoms with E-state index in [2.05, 4.69) is 34.1 Å². The maximum Gasteiger partial charge on any atom is 0.338 e. The largest absolute Gasteiger partial charge is 0.456 e. The highest BCUT2D eigenvalue weighted by Crippen LogP contribution is 2.27. The maximum atomic E-state index is 14.6. The number of nitrogens with zero attached hydrogens (tertiary/aromatic N) is 7. The molecule has 1 fully saturated rings. The summed E-state index contributed by atoms with van der Waals surface area (Å²) in [6, 6.07) is 22.5. The van der Waals surface area contributed by atoms with E-state index in [9.17, 15) is 14.4 Å². The molecule has 0 radical (unpaired) electrons. The summed E-state index contributed by atoms with van der Waals surface area (Å²) in [7, 11) is 0. The molecule has 3 aromatic carbocycles. The molecule has 0 unspecified atom stereocenters. The van der Waals surface area contributed by atoms with Crippen molar-refractivity contribution in [2.45, 2.75) is 46.0 Å². The standard InChI is InChI=1S/C35H34FN7O2/c1-35(2,3)45-34(44)26-7-9-30-32(19-26)43(13-11-37)33(39-30)23-40-14-16-41(17-15-40)28-8-6-25-10-12-42(31(25)20-28)22-27-5-4-24(21-38)18-29(27)36/h4-10,12,18-20H,13-17,22-23H2,1-3H3. The van der Waals surface area contributed by atoms with Crippen molar-refractivity contribution in [3.05, 3.63) is 95.2 Å². The van der Waals surface area contributed by atoms with Gasteiger partial charge < -0.3 is 18.8 Å². The molecule has 45 heavy (non-hydrogen) atoms. The lowest BCUT2D eigenvalue weighted by Gasteiger charge is -2.36. The first kappa shape index (κ1) is 29.9. The number of esters is 1. The zero-order valence-corrected chi connectivity index (χ0v) is 25.6. The predicted molar refractivity (Wildman–Crippen MR) is 170 cm³/mol. The van der Waals surface area contributed by atoms with Crippen LogP contribution in [0.4, 0.5) is 10.1 Å². The molecule has 2 aromatic heterocycles. The van der Waals surface area contributed by atoms with Crippen LogP contribution in [0.15, 0.2) is 66.9 Å². The van der Waals surface area contributed by atoms with E-state index < -0.39 is 11.6 Å². The topological polar surface area (TPSA) is 103 Å². The third kappa shape index (κ3) is 6.38. The molecule has 0 saturated carbocycles. The van der Waals surface area contributed by atoms with E-state index in [1.807, 2.05) is 54.3 Å². The number of halogens is 1. The van der Waals surface area contributed by atoms with Crippen molar-refractivity contribution in [2.24, 2.45) is 0 Å². The molecule has 0 bridgehead atoms. The first-order chi connectivity index (χ1) is 21.6. The number of rotatable bonds is 7. The highest BCUT2D eigenvalue weighted by atomic mass is 19.1. The molecule has 10 heteroatoms. The highest BCUT2D eigenvalue weighted by Gasteiger charge is 2.23. The van der Waals surface area contributed by atoms with E-state index in [-0.39, 0.29) is 12.4 Å². The van der Waals surface area contributed by atoms with Crippen LogP contribution in [0.2, 0.25) is 0 Å². The van der Waals surface area contributed by atoms with Gasteiger partial charge in [-0.05, 0) is 74.7 Å². The number of carbonyl (C=O) groups excluding carboxylic acids is 1. The Kier molecular flexibility index (Phi) is 8.01. The van der Waals surface area contributed by atoms with Crippen LogP contribution in [-0.2, 0) is 24.4 Å². The summed E-state index contributed by atoms with van der Waals surface area (Å²) in [6.45, 7) is 9.86. The summed E-state index contributed by atoms with van der Waals surface area (Å²) < 4.78 is 24.1. The van der Waals surface area contributed by atoms with Crippen LogP contribution in [0.25, 0.3) is 21.9 Å². The van der Waals surface area contributed by atoms with Gasteiger partial charge in [0.2, 0.25) is 0 Å². The first-order valence-electron chi connectivity index (χ1n) is 15.0. The number of ether oxygens (including phenoxy) is 1. The van der Waals surface area contributed by atoms with Crippen molar-refractivity contribution in [3.63, 3.8) is 0 Å². The van der Waals surface area contributed by atoms with Gasteiger partial charge in [-0.1, -0.05) is 12.1 Å². The number of hydrogen-bond acceptors (Lipinski definition) is 7. The molecule has 228 valence electrons. The van der Waals surface area contributed by atoms with E-state index in [0.29, 0.717) is 29.8 Å². The van der Waals surface area contributed by atoms with Gasteiger partial charge in [-0.3, -0.25) is 4.90 Å². The summed E-state index contributed by atoms with van der Waals surface area (Å²) >= 11 is 0. The van der Waals surface area contributed by atoms with Gasteiger partial charge in [-0.2, -0.15) is 10.5 Å². The number of imidazole rings is 1. The van der Waals surface area contributed by atoms with Crippen molar-refractivity contribution in [3.8, 4) is 12.1 Å². The molecular weight excluding hydrogens is 569 g/mol. The molecule has 6 rings (SSSR count). The third-order valence-corrected chi connectivity index (χ3v) is 8.07. The Morgan fingerprint density at radius 3 is 2.47 bits per heavy atom. The molecule has 0 spiro atoms. The number of piperazine rings is 1. The Bertz CT molecular complexity index is 1980. The van der Waals surface area contributed by atoms with Crippen LogP contribution in [0, 0.1) is 28.5 Å². The van der Waals surface area contributed by atoms with Crippen LogP contribution in [0.1, 0.15) is 48.1 Å². The molecule has 0 atom stereocenters. The SMILES string of the molecule is CC(C)(C)OC(=O)c1ccc2nc(CN3CCN(c4ccc5ccn(Cc6ccc(C#N)cc6F)c5c4)CC3)n(CC#N)c2c1. The summed E-state index contributed by atoms with van der Waals surface area (Å²) in [4.78, 5) is 22.2. The number of anilines is 1. The second kappa shape index (κ2) is 12.1. The van der Waals surface area contributed by atoms with Gasteiger partial charge in [0.25, 0.3) is 0 Å². The molecule has 0 aliphatic carbocycles. The Morgan fingerprint density at radius 1 is 0.956 bits per heavy atom. The molecule has 1 saturated heterocycles. The monoisotopic (exact) mass is 603 g/mol. The summed E-state index contributed by atoms with van der Waals surface area (Å²) in [5.74, 6) is 0.00392. The fourth-order valence-electron chi connectivity index (χ4n) is 5.80. The van der Waals surface area contributed by atoms with Gasteiger partial charge in [0.1, 0.15) is 23.8 Å². The minimum atomic E-state index is -0.603. The number of nitriles is 2. The number of fused-ring (bicyclic) bond motifs is 2. The van der Waals surface area contributed by atoms with Crippen LogP contribution < -0.4 is 4.90 Å². The number of hydrogen-bond donors (Lipinski definition) is 0. The number of aromatic nitrogens is 3. The predicted octanol–water partition coefficient (Wildman–Crippen LogP) is 5.85. The highest BCUT2D eigenvalue weighted by molar-refractivity contribution is 5.94. The minimum absolute atomic E-state index is 0.135. The average Bonchev–Trinajstić information content (AvgIpc) is 3.57. The summed E-state index contributed by atoms with van der Waals surface area (Å²) in [5, 5.41) is 19.7. The van der Waals surface area contributed by atoms with Gasteiger partial charge in [-0.25, -0.2) is 14.2 Å². The van der Waals surface area contributed by atoms with Gasteiger partial charge in [-0.15, -0.1) is 0 Å². The molecule has 0 N–H and O–H groups in total. The summed E-state index contributed by atoms with van der Waals surface area (Å²) in [6.07, 6.45) is 1.97. The fraction of sp³-hybridized carbons (Fsp3) is 0.314. The zero-order valence-electron chi connectivity index (χ0n) is 25.6. The van der Waals surface area contributed by atoms with Crippen molar-refractivity contribution in [2.75, 3.05) is 31.1 Å². The quantitative estimate of drug-likeness (QED) is 0.215. The molecular formula is C35H34FN7O2. The van der Waals surface area contributed by atoms with E-state index >= 15 is 0 Å². The van der Waals surface area contributed by atoms with Crippen molar-refractivity contribution in [1.29, 1.82) is 10.5 Å². The Balaban J connectivity index is 1.15. The minimum Gasteiger partial charge on any atom is -0.456 e. The van der Waals surface area contributed by atoms with Crippen molar-refractivity contribution < 1.29 is 13.9 Å². The zero-order chi connectivity index (χ0) is 31.7. The van der Waals surface area contributed by atoms with E-state index in [4.69, 9.17) is 15.0 Å². The molecule has 0 amide bonds. The average molecular weight is 604 g/mol. The van der Waals surface area contributed by atoms with Gasteiger partial charge in [0.15, 0.2) is 0 Å². The van der Waals surface area contributed by atoms with Crippen LogP contribution in [0.5, 0.6) is 0 Å². The van der Waals surface area contributed by atoms with E-state index in [1.165, 1.54) is 6.07 Å². The van der Waals surface area contributed by atoms with Crippen LogP contribution in [-0.4, -0.2) is 56.8 Å². The van der Waals surface area contributed by atoms with Gasteiger partial charge in [0.05, 0.1) is 52.9 Å². The van der Waals surface area contributed by atoms with Crippen molar-refractivity contribution >= 4 is 33.6 Å². The van der Waals surface area contributed by atoms with E-state index in [0.717, 1.165) is 59.6 Å². The first-order valence-corrected chi connectivity index (χ1v) is 15.0. The smallest absolute Gasteiger partial charge is 0.338 e. The van der Waals surface area contributed by atoms with Crippen LogP contribution >= 0.6 is 0 Å².